The van der Waals surface area contributed by atoms with Crippen molar-refractivity contribution in [3.8, 4) is 5.75 Å². The molecule has 0 amide bonds. The maximum Gasteiger partial charge on any atom is 0.161 e. The normalized spacial score (nSPS) is 14.2. The molecule has 0 aliphatic heterocycles. The number of aryl methyl sites for hydroxylation is 2. The smallest absolute Gasteiger partial charge is 0.161 e. The number of fused-ring (bicyclic) bond motifs is 1. The molecule has 0 aromatic heterocycles. The van der Waals surface area contributed by atoms with Crippen molar-refractivity contribution in [2.24, 2.45) is 0 Å². The number of carbonyl (C=O) groups excluding carboxylic acids is 1. The van der Waals surface area contributed by atoms with E-state index in [0.29, 0.717) is 6.61 Å². The van der Waals surface area contributed by atoms with Crippen LogP contribution in [0.5, 0.6) is 5.75 Å². The Bertz CT molecular complexity index is 398. The number of aliphatic hydroxyl groups excluding tert-OH is 1. The van der Waals surface area contributed by atoms with Gasteiger partial charge in [0.05, 0.1) is 6.61 Å². The van der Waals surface area contributed by atoms with Crippen molar-refractivity contribution < 1.29 is 14.6 Å². The van der Waals surface area contributed by atoms with E-state index in [1.54, 1.807) is 0 Å². The number of hydrogen-bond donors (Lipinski definition) is 1. The third-order valence-corrected chi connectivity index (χ3v) is 3.15. The summed E-state index contributed by atoms with van der Waals surface area (Å²) >= 11 is 0. The van der Waals surface area contributed by atoms with Gasteiger partial charge in [0.2, 0.25) is 0 Å². The first-order valence-electron chi connectivity index (χ1n) is 6.17. The monoisotopic (exact) mass is 234 g/mol. The second-order valence-corrected chi connectivity index (χ2v) is 4.43. The molecule has 0 atom stereocenters. The highest BCUT2D eigenvalue weighted by Gasteiger charge is 2.10. The largest absolute Gasteiger partial charge is 0.493 e. The van der Waals surface area contributed by atoms with Crippen molar-refractivity contribution >= 4 is 5.78 Å². The van der Waals surface area contributed by atoms with Gasteiger partial charge in [0.1, 0.15) is 12.4 Å². The average molecular weight is 234 g/mol. The Morgan fingerprint density at radius 3 is 2.76 bits per heavy atom. The van der Waals surface area contributed by atoms with Gasteiger partial charge >= 0.3 is 0 Å². The fourth-order valence-corrected chi connectivity index (χ4v) is 2.16. The lowest BCUT2D eigenvalue weighted by Crippen LogP contribution is -2.10. The zero-order valence-electron chi connectivity index (χ0n) is 9.95. The molecule has 2 rings (SSSR count). The van der Waals surface area contributed by atoms with E-state index in [-0.39, 0.29) is 12.2 Å². The van der Waals surface area contributed by atoms with E-state index in [2.05, 4.69) is 12.1 Å². The van der Waals surface area contributed by atoms with Crippen LogP contribution in [0, 0.1) is 0 Å². The molecule has 0 unspecified atom stereocenters. The van der Waals surface area contributed by atoms with Gasteiger partial charge in [0, 0.05) is 6.42 Å². The molecule has 0 fully saturated rings. The van der Waals surface area contributed by atoms with Crippen molar-refractivity contribution in [3.05, 3.63) is 29.3 Å². The second kappa shape index (κ2) is 5.82. The molecule has 0 spiro atoms. The highest BCUT2D eigenvalue weighted by atomic mass is 16.5. The minimum absolute atomic E-state index is 0.178. The zero-order valence-corrected chi connectivity index (χ0v) is 9.95. The maximum atomic E-state index is 10.9. The van der Waals surface area contributed by atoms with E-state index < -0.39 is 6.61 Å². The lowest BCUT2D eigenvalue weighted by Gasteiger charge is -2.16. The molecule has 1 aliphatic carbocycles. The SMILES string of the molecule is O=C(CO)CCOc1ccc2c(c1)CCCC2. The number of hydrogen-bond acceptors (Lipinski definition) is 3. The van der Waals surface area contributed by atoms with Crippen molar-refractivity contribution in [1.82, 2.24) is 0 Å². The van der Waals surface area contributed by atoms with E-state index in [1.165, 1.54) is 30.4 Å². The summed E-state index contributed by atoms with van der Waals surface area (Å²) < 4.78 is 5.51. The third kappa shape index (κ3) is 3.30. The van der Waals surface area contributed by atoms with Gasteiger partial charge in [-0.05, 0) is 48.9 Å². The van der Waals surface area contributed by atoms with E-state index in [9.17, 15) is 4.79 Å². The molecular weight excluding hydrogens is 216 g/mol. The molecule has 0 heterocycles. The summed E-state index contributed by atoms with van der Waals surface area (Å²) in [4.78, 5) is 10.9. The van der Waals surface area contributed by atoms with Gasteiger partial charge in [-0.1, -0.05) is 6.07 Å². The van der Waals surface area contributed by atoms with Crippen molar-refractivity contribution in [1.29, 1.82) is 0 Å². The van der Waals surface area contributed by atoms with Gasteiger partial charge < -0.3 is 9.84 Å². The predicted octanol–water partition coefficient (Wildman–Crippen LogP) is 1.90. The molecule has 1 aromatic carbocycles. The molecule has 0 saturated heterocycles. The van der Waals surface area contributed by atoms with Crippen LogP contribution >= 0.6 is 0 Å². The first-order valence-corrected chi connectivity index (χ1v) is 6.17. The van der Waals surface area contributed by atoms with Gasteiger partial charge in [-0.2, -0.15) is 0 Å². The van der Waals surface area contributed by atoms with Gasteiger partial charge in [-0.15, -0.1) is 0 Å². The van der Waals surface area contributed by atoms with Crippen LogP contribution in [0.3, 0.4) is 0 Å². The summed E-state index contributed by atoms with van der Waals surface area (Å²) in [5, 5.41) is 8.58. The minimum Gasteiger partial charge on any atom is -0.493 e. The lowest BCUT2D eigenvalue weighted by atomic mass is 9.92. The number of rotatable bonds is 5. The predicted molar refractivity (Wildman–Crippen MR) is 65.3 cm³/mol. The zero-order chi connectivity index (χ0) is 12.1. The first kappa shape index (κ1) is 12.1. The van der Waals surface area contributed by atoms with Gasteiger partial charge in [-0.25, -0.2) is 0 Å². The Morgan fingerprint density at radius 1 is 1.24 bits per heavy atom. The van der Waals surface area contributed by atoms with Crippen LogP contribution < -0.4 is 4.74 Å². The lowest BCUT2D eigenvalue weighted by molar-refractivity contribution is -0.122. The molecule has 3 heteroatoms. The van der Waals surface area contributed by atoms with Crippen LogP contribution in [0.15, 0.2) is 18.2 Å². The van der Waals surface area contributed by atoms with Gasteiger partial charge in [0.15, 0.2) is 5.78 Å². The van der Waals surface area contributed by atoms with Crippen molar-refractivity contribution in [2.75, 3.05) is 13.2 Å². The van der Waals surface area contributed by atoms with Crippen LogP contribution in [0.4, 0.5) is 0 Å². The topological polar surface area (TPSA) is 46.5 Å². The number of carbonyl (C=O) groups is 1. The summed E-state index contributed by atoms with van der Waals surface area (Å²) in [5.74, 6) is 0.652. The number of benzene rings is 1. The average Bonchev–Trinajstić information content (AvgIpc) is 2.38. The number of ketones is 1. The van der Waals surface area contributed by atoms with Gasteiger partial charge in [-0.3, -0.25) is 4.79 Å². The molecule has 17 heavy (non-hydrogen) atoms. The Balaban J connectivity index is 1.91. The summed E-state index contributed by atoms with van der Waals surface area (Å²) in [5.41, 5.74) is 2.80. The molecule has 1 aliphatic rings. The molecule has 0 saturated carbocycles. The first-order chi connectivity index (χ1) is 8.29. The van der Waals surface area contributed by atoms with E-state index in [4.69, 9.17) is 9.84 Å². The highest BCUT2D eigenvalue weighted by Crippen LogP contribution is 2.25. The Morgan fingerprint density at radius 2 is 2.00 bits per heavy atom. The number of Topliss-reactive ketones (excluding diaryl/α,β-unsaturated/α-hetero) is 1. The Hall–Kier alpha value is -1.35. The molecule has 1 aromatic rings. The summed E-state index contributed by atoms with van der Waals surface area (Å²) in [6, 6.07) is 6.17. The van der Waals surface area contributed by atoms with Crippen molar-refractivity contribution in [2.45, 2.75) is 32.1 Å². The van der Waals surface area contributed by atoms with Crippen LogP contribution in [-0.4, -0.2) is 24.1 Å². The number of aliphatic hydroxyl groups is 1. The molecule has 0 radical (unpaired) electrons. The summed E-state index contributed by atoms with van der Waals surface area (Å²) in [6.07, 6.45) is 5.09. The molecule has 3 nitrogen and oxygen atoms in total. The summed E-state index contributed by atoms with van der Waals surface area (Å²) in [7, 11) is 0. The third-order valence-electron chi connectivity index (χ3n) is 3.15. The standard InChI is InChI=1S/C14H18O3/c15-10-13(16)7-8-17-14-6-5-11-3-1-2-4-12(11)9-14/h5-6,9,15H,1-4,7-8,10H2. The Kier molecular flexibility index (Phi) is 4.15. The summed E-state index contributed by atoms with van der Waals surface area (Å²) in [6.45, 7) is -0.0499. The fraction of sp³-hybridized carbons (Fsp3) is 0.500. The second-order valence-electron chi connectivity index (χ2n) is 4.43. The highest BCUT2D eigenvalue weighted by molar-refractivity contribution is 5.79. The maximum absolute atomic E-state index is 10.9. The fourth-order valence-electron chi connectivity index (χ4n) is 2.16. The molecule has 0 bridgehead atoms. The molecule has 92 valence electrons. The number of ether oxygens (including phenoxy) is 1. The van der Waals surface area contributed by atoms with E-state index >= 15 is 0 Å². The van der Waals surface area contributed by atoms with Crippen LogP contribution in [0.2, 0.25) is 0 Å². The molecule has 1 N–H and O–H groups in total. The minimum atomic E-state index is -0.395. The van der Waals surface area contributed by atoms with Crippen LogP contribution in [0.1, 0.15) is 30.4 Å². The van der Waals surface area contributed by atoms with Crippen molar-refractivity contribution in [3.63, 3.8) is 0 Å². The Labute approximate surface area is 101 Å². The van der Waals surface area contributed by atoms with Crippen LogP contribution in [-0.2, 0) is 17.6 Å². The van der Waals surface area contributed by atoms with Crippen LogP contribution in [0.25, 0.3) is 0 Å². The van der Waals surface area contributed by atoms with E-state index in [1.807, 2.05) is 6.07 Å². The quantitative estimate of drug-likeness (QED) is 0.846. The molecular formula is C14H18O3. The van der Waals surface area contributed by atoms with E-state index in [0.717, 1.165) is 12.2 Å². The van der Waals surface area contributed by atoms with Gasteiger partial charge in [0.25, 0.3) is 0 Å².